The molecule has 2 aromatic heterocycles. The van der Waals surface area contributed by atoms with Crippen LogP contribution in [0.25, 0.3) is 10.9 Å². The average Bonchev–Trinajstić information content (AvgIpc) is 3.42. The molecule has 2 saturated heterocycles. The monoisotopic (exact) mass is 405 g/mol. The van der Waals surface area contributed by atoms with Gasteiger partial charge in [0.15, 0.2) is 0 Å². The first kappa shape index (κ1) is 18.9. The summed E-state index contributed by atoms with van der Waals surface area (Å²) in [5, 5.41) is 1.11. The summed E-state index contributed by atoms with van der Waals surface area (Å²) in [6.45, 7) is 8.86. The average molecular weight is 406 g/mol. The molecule has 2 aliphatic rings. The second kappa shape index (κ2) is 7.63. The van der Waals surface area contributed by atoms with Crippen LogP contribution in [0.3, 0.4) is 0 Å². The molecule has 0 atom stereocenters. The van der Waals surface area contributed by atoms with Crippen LogP contribution < -0.4 is 9.80 Å². The van der Waals surface area contributed by atoms with E-state index in [1.54, 1.807) is 6.33 Å². The van der Waals surface area contributed by atoms with E-state index in [9.17, 15) is 4.79 Å². The zero-order valence-corrected chi connectivity index (χ0v) is 17.6. The fraction of sp³-hybridized carbons (Fsp3) is 0.435. The maximum Gasteiger partial charge on any atom is 0.257 e. The molecular formula is C23H27N5O2. The molecule has 3 aromatic rings. The van der Waals surface area contributed by atoms with E-state index in [1.807, 2.05) is 24.8 Å². The van der Waals surface area contributed by atoms with Gasteiger partial charge in [0.2, 0.25) is 0 Å². The second-order valence-corrected chi connectivity index (χ2v) is 8.20. The van der Waals surface area contributed by atoms with Gasteiger partial charge in [-0.05, 0) is 51.0 Å². The fourth-order valence-electron chi connectivity index (χ4n) is 4.59. The van der Waals surface area contributed by atoms with E-state index in [2.05, 4.69) is 38.0 Å². The summed E-state index contributed by atoms with van der Waals surface area (Å²) in [6, 6.07) is 8.27. The number of carbonyl (C=O) groups is 1. The molecule has 1 aromatic carbocycles. The Labute approximate surface area is 176 Å². The van der Waals surface area contributed by atoms with E-state index in [-0.39, 0.29) is 5.91 Å². The van der Waals surface area contributed by atoms with Crippen LogP contribution in [0.2, 0.25) is 0 Å². The minimum Gasteiger partial charge on any atom is -0.466 e. The highest BCUT2D eigenvalue weighted by Gasteiger charge is 2.25. The van der Waals surface area contributed by atoms with Crippen LogP contribution in [0.15, 0.2) is 35.0 Å². The molecule has 0 N–H and O–H groups in total. The largest absolute Gasteiger partial charge is 0.466 e. The summed E-state index contributed by atoms with van der Waals surface area (Å²) < 4.78 is 5.54. The van der Waals surface area contributed by atoms with Gasteiger partial charge in [0.25, 0.3) is 5.91 Å². The van der Waals surface area contributed by atoms with Crippen LogP contribution in [0, 0.1) is 13.8 Å². The van der Waals surface area contributed by atoms with Gasteiger partial charge < -0.3 is 19.1 Å². The number of nitrogens with zero attached hydrogens (tertiary/aromatic N) is 5. The number of amides is 1. The van der Waals surface area contributed by atoms with Crippen LogP contribution in [-0.4, -0.2) is 60.0 Å². The van der Waals surface area contributed by atoms with Crippen molar-refractivity contribution in [3.05, 3.63) is 47.7 Å². The third kappa shape index (κ3) is 3.38. The number of carbonyl (C=O) groups excluding carboxylic acids is 1. The molecular weight excluding hydrogens is 378 g/mol. The standard InChI is InChI=1S/C23H27N5O2/c1-16-13-19(17(2)30-16)23(29)28-11-9-26(10-12-28)18-5-6-21-20(14-18)22(25-15-24-21)27-7-3-4-8-27/h5-6,13-15H,3-4,7-12H2,1-2H3. The van der Waals surface area contributed by atoms with Crippen molar-refractivity contribution in [3.8, 4) is 0 Å². The summed E-state index contributed by atoms with van der Waals surface area (Å²) >= 11 is 0. The van der Waals surface area contributed by atoms with E-state index < -0.39 is 0 Å². The Morgan fingerprint density at radius 3 is 2.40 bits per heavy atom. The van der Waals surface area contributed by atoms with Gasteiger partial charge in [0, 0.05) is 50.3 Å². The Bertz CT molecular complexity index is 1080. The van der Waals surface area contributed by atoms with Crippen LogP contribution in [-0.2, 0) is 0 Å². The van der Waals surface area contributed by atoms with Gasteiger partial charge in [0.05, 0.1) is 11.1 Å². The van der Waals surface area contributed by atoms with Crippen LogP contribution in [0.5, 0.6) is 0 Å². The molecule has 0 unspecified atom stereocenters. The van der Waals surface area contributed by atoms with Gasteiger partial charge in [-0.25, -0.2) is 9.97 Å². The van der Waals surface area contributed by atoms with Crippen LogP contribution in [0.1, 0.15) is 34.7 Å². The number of aromatic nitrogens is 2. The maximum absolute atomic E-state index is 12.9. The zero-order chi connectivity index (χ0) is 20.7. The van der Waals surface area contributed by atoms with Crippen molar-refractivity contribution in [1.29, 1.82) is 0 Å². The van der Waals surface area contributed by atoms with Crippen molar-refractivity contribution in [2.75, 3.05) is 49.1 Å². The lowest BCUT2D eigenvalue weighted by molar-refractivity contribution is 0.0745. The van der Waals surface area contributed by atoms with E-state index >= 15 is 0 Å². The summed E-state index contributed by atoms with van der Waals surface area (Å²) in [6.07, 6.45) is 4.10. The smallest absolute Gasteiger partial charge is 0.257 e. The number of piperazine rings is 1. The molecule has 7 heteroatoms. The molecule has 0 spiro atoms. The molecule has 156 valence electrons. The minimum atomic E-state index is 0.0623. The number of hydrogen-bond acceptors (Lipinski definition) is 6. The van der Waals surface area contributed by atoms with Gasteiger partial charge in [-0.2, -0.15) is 0 Å². The van der Waals surface area contributed by atoms with Gasteiger partial charge >= 0.3 is 0 Å². The zero-order valence-electron chi connectivity index (χ0n) is 17.6. The lowest BCUT2D eigenvalue weighted by atomic mass is 10.1. The number of hydrogen-bond donors (Lipinski definition) is 0. The van der Waals surface area contributed by atoms with Crippen molar-refractivity contribution in [2.45, 2.75) is 26.7 Å². The van der Waals surface area contributed by atoms with Crippen molar-refractivity contribution >= 4 is 28.3 Å². The topological polar surface area (TPSA) is 65.7 Å². The highest BCUT2D eigenvalue weighted by molar-refractivity contribution is 5.95. The summed E-state index contributed by atoms with van der Waals surface area (Å²) in [5.74, 6) is 2.58. The number of anilines is 2. The van der Waals surface area contributed by atoms with Crippen molar-refractivity contribution in [3.63, 3.8) is 0 Å². The molecule has 0 saturated carbocycles. The highest BCUT2D eigenvalue weighted by Crippen LogP contribution is 2.30. The summed E-state index contributed by atoms with van der Waals surface area (Å²) in [4.78, 5) is 28.5. The SMILES string of the molecule is Cc1cc(C(=O)N2CCN(c3ccc4ncnc(N5CCCC5)c4c3)CC2)c(C)o1. The Hall–Kier alpha value is -3.09. The molecule has 5 rings (SSSR count). The molecule has 0 radical (unpaired) electrons. The third-order valence-electron chi connectivity index (χ3n) is 6.21. The van der Waals surface area contributed by atoms with E-state index in [4.69, 9.17) is 4.42 Å². The number of aryl methyl sites for hydroxylation is 2. The first-order valence-electron chi connectivity index (χ1n) is 10.7. The Morgan fingerprint density at radius 1 is 0.933 bits per heavy atom. The van der Waals surface area contributed by atoms with E-state index in [0.29, 0.717) is 24.4 Å². The first-order chi connectivity index (χ1) is 14.6. The number of rotatable bonds is 3. The molecule has 4 heterocycles. The molecule has 2 aliphatic heterocycles. The lowest BCUT2D eigenvalue weighted by Gasteiger charge is -2.36. The number of benzene rings is 1. The molecule has 0 bridgehead atoms. The van der Waals surface area contributed by atoms with Gasteiger partial charge in [0.1, 0.15) is 23.7 Å². The Morgan fingerprint density at radius 2 is 1.70 bits per heavy atom. The Kier molecular flexibility index (Phi) is 4.81. The summed E-state index contributed by atoms with van der Waals surface area (Å²) in [5.41, 5.74) is 2.83. The quantitative estimate of drug-likeness (QED) is 0.665. The lowest BCUT2D eigenvalue weighted by Crippen LogP contribution is -2.48. The predicted molar refractivity (Wildman–Crippen MR) is 117 cm³/mol. The minimum absolute atomic E-state index is 0.0623. The molecule has 0 aliphatic carbocycles. The van der Waals surface area contributed by atoms with Crippen molar-refractivity contribution in [2.24, 2.45) is 0 Å². The molecule has 7 nitrogen and oxygen atoms in total. The van der Waals surface area contributed by atoms with Crippen LogP contribution in [0.4, 0.5) is 11.5 Å². The fourth-order valence-corrected chi connectivity index (χ4v) is 4.59. The van der Waals surface area contributed by atoms with Crippen molar-refractivity contribution in [1.82, 2.24) is 14.9 Å². The van der Waals surface area contributed by atoms with Crippen molar-refractivity contribution < 1.29 is 9.21 Å². The van der Waals surface area contributed by atoms with E-state index in [0.717, 1.165) is 48.7 Å². The first-order valence-corrected chi connectivity index (χ1v) is 10.7. The number of furan rings is 1. The normalized spacial score (nSPS) is 17.2. The predicted octanol–water partition coefficient (Wildman–Crippen LogP) is 3.40. The van der Waals surface area contributed by atoms with Gasteiger partial charge in [-0.15, -0.1) is 0 Å². The second-order valence-electron chi connectivity index (χ2n) is 8.20. The van der Waals surface area contributed by atoms with E-state index in [1.165, 1.54) is 18.5 Å². The number of fused-ring (bicyclic) bond motifs is 1. The summed E-state index contributed by atoms with van der Waals surface area (Å²) in [7, 11) is 0. The Balaban J connectivity index is 1.34. The van der Waals surface area contributed by atoms with Gasteiger partial charge in [-0.3, -0.25) is 4.79 Å². The maximum atomic E-state index is 12.9. The molecule has 30 heavy (non-hydrogen) atoms. The van der Waals surface area contributed by atoms with Gasteiger partial charge in [-0.1, -0.05) is 0 Å². The highest BCUT2D eigenvalue weighted by atomic mass is 16.3. The molecule has 2 fully saturated rings. The van der Waals surface area contributed by atoms with Crippen LogP contribution >= 0.6 is 0 Å². The molecule has 1 amide bonds. The third-order valence-corrected chi connectivity index (χ3v) is 6.21.